The number of likely N-dealkylation sites (tertiary alicyclic amines) is 1. The van der Waals surface area contributed by atoms with Gasteiger partial charge in [0.2, 0.25) is 0 Å². The minimum absolute atomic E-state index is 0.0210. The number of methoxy groups -OCH3 is 3. The van der Waals surface area contributed by atoms with Crippen molar-refractivity contribution in [3.63, 3.8) is 0 Å². The van der Waals surface area contributed by atoms with E-state index in [2.05, 4.69) is 13.8 Å². The topological polar surface area (TPSA) is 65.1 Å². The lowest BCUT2D eigenvalue weighted by molar-refractivity contribution is -0.174. The summed E-state index contributed by atoms with van der Waals surface area (Å²) in [5.41, 5.74) is -0.0803. The second kappa shape index (κ2) is 5.93. The molecule has 1 aromatic carbocycles. The first-order valence-electron chi connectivity index (χ1n) is 8.39. The minimum atomic E-state index is -0.576. The smallest absolute Gasteiger partial charge is 0.314 e. The number of rotatable bonds is 4. The van der Waals surface area contributed by atoms with E-state index in [1.807, 2.05) is 0 Å². The molecule has 1 saturated carbocycles. The van der Waals surface area contributed by atoms with E-state index in [-0.39, 0.29) is 23.2 Å². The fourth-order valence-corrected chi connectivity index (χ4v) is 4.67. The maximum atomic E-state index is 13.1. The molecule has 1 amide bonds. The summed E-state index contributed by atoms with van der Waals surface area (Å²) < 4.78 is 15.6. The number of carbonyl (C=O) groups is 2. The molecule has 136 valence electrons. The maximum absolute atomic E-state index is 13.1. The summed E-state index contributed by atoms with van der Waals surface area (Å²) in [5, 5.41) is 0. The standard InChI is InChI=1S/C19H25NO5/c1-18(2)10-19(17(22)25-5)11-20(9-15(18)19)16(21)13-7-6-12(23-3)8-14(13)24-4/h6-8,15H,9-11H2,1-5H3/t15-,19+/m1/s1. The molecular formula is C19H25NO5. The van der Waals surface area contributed by atoms with Crippen molar-refractivity contribution in [2.75, 3.05) is 34.4 Å². The molecule has 1 aromatic rings. The van der Waals surface area contributed by atoms with Crippen molar-refractivity contribution >= 4 is 11.9 Å². The molecule has 0 spiro atoms. The molecule has 1 aliphatic carbocycles. The van der Waals surface area contributed by atoms with Crippen LogP contribution in [0, 0.1) is 16.7 Å². The van der Waals surface area contributed by atoms with E-state index in [0.29, 0.717) is 30.2 Å². The van der Waals surface area contributed by atoms with E-state index in [4.69, 9.17) is 14.2 Å². The molecule has 2 aliphatic rings. The molecule has 3 rings (SSSR count). The highest BCUT2D eigenvalue weighted by Crippen LogP contribution is 2.63. The van der Waals surface area contributed by atoms with E-state index < -0.39 is 5.41 Å². The van der Waals surface area contributed by atoms with Crippen molar-refractivity contribution in [2.45, 2.75) is 20.3 Å². The van der Waals surface area contributed by atoms with Crippen LogP contribution in [0.25, 0.3) is 0 Å². The third kappa shape index (κ3) is 2.55. The largest absolute Gasteiger partial charge is 0.497 e. The average Bonchev–Trinajstić information content (AvgIpc) is 2.95. The van der Waals surface area contributed by atoms with Gasteiger partial charge in [-0.25, -0.2) is 0 Å². The first-order chi connectivity index (χ1) is 11.8. The summed E-state index contributed by atoms with van der Waals surface area (Å²) in [5.74, 6) is 0.861. The fraction of sp³-hybridized carbons (Fsp3) is 0.579. The van der Waals surface area contributed by atoms with E-state index >= 15 is 0 Å². The van der Waals surface area contributed by atoms with Gasteiger partial charge in [-0.15, -0.1) is 0 Å². The Labute approximate surface area is 148 Å². The molecule has 0 bridgehead atoms. The molecule has 0 unspecified atom stereocenters. The summed E-state index contributed by atoms with van der Waals surface area (Å²) in [7, 11) is 4.51. The van der Waals surface area contributed by atoms with Crippen molar-refractivity contribution in [2.24, 2.45) is 16.7 Å². The van der Waals surface area contributed by atoms with Gasteiger partial charge >= 0.3 is 5.97 Å². The molecule has 2 fully saturated rings. The molecule has 1 saturated heterocycles. The number of fused-ring (bicyclic) bond motifs is 1. The van der Waals surface area contributed by atoms with Crippen LogP contribution in [0.5, 0.6) is 11.5 Å². The number of hydrogen-bond acceptors (Lipinski definition) is 5. The van der Waals surface area contributed by atoms with Gasteiger partial charge in [-0.05, 0) is 29.9 Å². The van der Waals surface area contributed by atoms with Crippen LogP contribution in [0.1, 0.15) is 30.6 Å². The van der Waals surface area contributed by atoms with Gasteiger partial charge < -0.3 is 19.1 Å². The van der Waals surface area contributed by atoms with Crippen LogP contribution >= 0.6 is 0 Å². The molecule has 0 aromatic heterocycles. The first-order valence-corrected chi connectivity index (χ1v) is 8.39. The van der Waals surface area contributed by atoms with Crippen LogP contribution in [0.4, 0.5) is 0 Å². The van der Waals surface area contributed by atoms with E-state index in [1.165, 1.54) is 14.2 Å². The molecule has 6 nitrogen and oxygen atoms in total. The van der Waals surface area contributed by atoms with Crippen LogP contribution in [0.3, 0.4) is 0 Å². The molecule has 25 heavy (non-hydrogen) atoms. The van der Waals surface area contributed by atoms with Crippen LogP contribution in [0.15, 0.2) is 18.2 Å². The predicted octanol–water partition coefficient (Wildman–Crippen LogP) is 2.37. The molecule has 0 radical (unpaired) electrons. The zero-order valence-corrected chi connectivity index (χ0v) is 15.4. The fourth-order valence-electron chi connectivity index (χ4n) is 4.67. The van der Waals surface area contributed by atoms with E-state index in [9.17, 15) is 9.59 Å². The SMILES string of the molecule is COC(=O)[C@@]12CN(C(=O)c3ccc(OC)cc3OC)C[C@@H]1C(C)(C)C2. The molecule has 1 aliphatic heterocycles. The first kappa shape index (κ1) is 17.6. The quantitative estimate of drug-likeness (QED) is 0.783. The lowest BCUT2D eigenvalue weighted by Crippen LogP contribution is -2.57. The zero-order valence-electron chi connectivity index (χ0n) is 15.4. The zero-order chi connectivity index (χ0) is 18.4. The van der Waals surface area contributed by atoms with Crippen molar-refractivity contribution in [1.29, 1.82) is 0 Å². The highest BCUT2D eigenvalue weighted by atomic mass is 16.5. The summed E-state index contributed by atoms with van der Waals surface area (Å²) in [4.78, 5) is 27.2. The van der Waals surface area contributed by atoms with Gasteiger partial charge in [0.15, 0.2) is 0 Å². The number of nitrogens with zero attached hydrogens (tertiary/aromatic N) is 1. The van der Waals surface area contributed by atoms with Crippen LogP contribution in [-0.2, 0) is 9.53 Å². The van der Waals surface area contributed by atoms with Gasteiger partial charge in [-0.1, -0.05) is 13.8 Å². The van der Waals surface area contributed by atoms with Gasteiger partial charge in [0.05, 0.1) is 32.3 Å². The van der Waals surface area contributed by atoms with Crippen molar-refractivity contribution < 1.29 is 23.8 Å². The number of amides is 1. The Morgan fingerprint density at radius 1 is 1.16 bits per heavy atom. The summed E-state index contributed by atoms with van der Waals surface area (Å²) in [6.07, 6.45) is 0.737. The highest BCUT2D eigenvalue weighted by molar-refractivity contribution is 5.98. The van der Waals surface area contributed by atoms with Gasteiger partial charge in [0.1, 0.15) is 11.5 Å². The summed E-state index contributed by atoms with van der Waals surface area (Å²) in [6.45, 7) is 5.22. The Morgan fingerprint density at radius 3 is 2.44 bits per heavy atom. The van der Waals surface area contributed by atoms with Crippen molar-refractivity contribution in [3.05, 3.63) is 23.8 Å². The maximum Gasteiger partial charge on any atom is 0.314 e. The van der Waals surface area contributed by atoms with Gasteiger partial charge in [0, 0.05) is 19.2 Å². The highest BCUT2D eigenvalue weighted by Gasteiger charge is 2.68. The lowest BCUT2D eigenvalue weighted by Gasteiger charge is -2.54. The Hall–Kier alpha value is -2.24. The van der Waals surface area contributed by atoms with Crippen molar-refractivity contribution in [3.8, 4) is 11.5 Å². The molecule has 2 atom stereocenters. The number of hydrogen-bond donors (Lipinski definition) is 0. The van der Waals surface area contributed by atoms with Crippen molar-refractivity contribution in [1.82, 2.24) is 4.90 Å². The summed E-state index contributed by atoms with van der Waals surface area (Å²) >= 11 is 0. The Morgan fingerprint density at radius 2 is 1.88 bits per heavy atom. The average molecular weight is 347 g/mol. The van der Waals surface area contributed by atoms with Crippen LogP contribution in [-0.4, -0.2) is 51.2 Å². The minimum Gasteiger partial charge on any atom is -0.497 e. The third-order valence-corrected chi connectivity index (χ3v) is 5.78. The van der Waals surface area contributed by atoms with Crippen LogP contribution < -0.4 is 9.47 Å². The predicted molar refractivity (Wildman–Crippen MR) is 91.8 cm³/mol. The third-order valence-electron chi connectivity index (χ3n) is 5.78. The molecule has 0 N–H and O–H groups in total. The second-order valence-electron chi connectivity index (χ2n) is 7.62. The van der Waals surface area contributed by atoms with Crippen LogP contribution in [0.2, 0.25) is 0 Å². The van der Waals surface area contributed by atoms with Gasteiger partial charge in [-0.3, -0.25) is 9.59 Å². The van der Waals surface area contributed by atoms with E-state index in [0.717, 1.165) is 6.42 Å². The Balaban J connectivity index is 1.89. The molecular weight excluding hydrogens is 322 g/mol. The molecule has 6 heteroatoms. The normalized spacial score (nSPS) is 26.4. The van der Waals surface area contributed by atoms with Gasteiger partial charge in [-0.2, -0.15) is 0 Å². The number of esters is 1. The number of carbonyl (C=O) groups excluding carboxylic acids is 2. The monoisotopic (exact) mass is 347 g/mol. The Kier molecular flexibility index (Phi) is 4.17. The number of benzene rings is 1. The number of ether oxygens (including phenoxy) is 3. The van der Waals surface area contributed by atoms with Gasteiger partial charge in [0.25, 0.3) is 5.91 Å². The Bertz CT molecular complexity index is 714. The lowest BCUT2D eigenvalue weighted by atomic mass is 9.48. The second-order valence-corrected chi connectivity index (χ2v) is 7.62. The summed E-state index contributed by atoms with van der Waals surface area (Å²) in [6, 6.07) is 5.13. The van der Waals surface area contributed by atoms with E-state index in [1.54, 1.807) is 30.2 Å². The molecule has 1 heterocycles.